The average molecular weight is 380 g/mol. The predicted octanol–water partition coefficient (Wildman–Crippen LogP) is 2.87. The predicted molar refractivity (Wildman–Crippen MR) is 106 cm³/mol. The zero-order chi connectivity index (χ0) is 18.8. The lowest BCUT2D eigenvalue weighted by Gasteiger charge is -2.07. The maximum Gasteiger partial charge on any atom is 0.266 e. The van der Waals surface area contributed by atoms with Crippen LogP contribution in [0.25, 0.3) is 21.1 Å². The van der Waals surface area contributed by atoms with Crippen LogP contribution in [0.15, 0.2) is 47.3 Å². The molecule has 0 radical (unpaired) electrons. The van der Waals surface area contributed by atoms with Crippen LogP contribution in [0.5, 0.6) is 0 Å². The Labute approximate surface area is 160 Å². The fourth-order valence-corrected chi connectivity index (χ4v) is 3.88. The first-order valence-corrected chi connectivity index (χ1v) is 9.82. The molecule has 1 amide bonds. The third kappa shape index (κ3) is 3.98. The standard InChI is InChI=1S/C20H20N4O2S/c1-13-18(27-20(22-13)15-5-3-2-4-6-15)16-9-10-17(25)24(23-16)12-11-21-19(26)14-7-8-14/h2-6,9-10,14H,7-8,11-12H2,1H3,(H,21,26). The van der Waals surface area contributed by atoms with Crippen LogP contribution in [0.4, 0.5) is 0 Å². The zero-order valence-corrected chi connectivity index (χ0v) is 15.8. The van der Waals surface area contributed by atoms with Crippen molar-refractivity contribution in [1.82, 2.24) is 20.1 Å². The van der Waals surface area contributed by atoms with Crippen LogP contribution in [-0.4, -0.2) is 27.2 Å². The number of hydrogen-bond acceptors (Lipinski definition) is 5. The number of benzene rings is 1. The number of nitrogens with zero attached hydrogens (tertiary/aromatic N) is 3. The Morgan fingerprint density at radius 2 is 2.00 bits per heavy atom. The van der Waals surface area contributed by atoms with Crippen molar-refractivity contribution in [3.63, 3.8) is 0 Å². The lowest BCUT2D eigenvalue weighted by Crippen LogP contribution is -2.32. The van der Waals surface area contributed by atoms with Crippen LogP contribution in [-0.2, 0) is 11.3 Å². The van der Waals surface area contributed by atoms with Crippen LogP contribution in [0.3, 0.4) is 0 Å². The summed E-state index contributed by atoms with van der Waals surface area (Å²) in [5, 5.41) is 8.29. The van der Waals surface area contributed by atoms with Crippen molar-refractivity contribution in [3.8, 4) is 21.1 Å². The van der Waals surface area contributed by atoms with E-state index in [4.69, 9.17) is 0 Å². The first-order chi connectivity index (χ1) is 13.1. The molecule has 2 heterocycles. The van der Waals surface area contributed by atoms with Gasteiger partial charge in [0, 0.05) is 24.1 Å². The largest absolute Gasteiger partial charge is 0.354 e. The smallest absolute Gasteiger partial charge is 0.266 e. The average Bonchev–Trinajstić information content (AvgIpc) is 3.46. The number of carbonyl (C=O) groups excluding carboxylic acids is 1. The molecule has 0 atom stereocenters. The van der Waals surface area contributed by atoms with Gasteiger partial charge >= 0.3 is 0 Å². The van der Waals surface area contributed by atoms with E-state index in [1.807, 2.05) is 37.3 Å². The summed E-state index contributed by atoms with van der Waals surface area (Å²) in [5.74, 6) is 0.238. The molecule has 1 fully saturated rings. The minimum atomic E-state index is -0.176. The number of nitrogens with one attached hydrogen (secondary N) is 1. The van der Waals surface area contributed by atoms with Crippen molar-refractivity contribution in [2.75, 3.05) is 6.54 Å². The van der Waals surface area contributed by atoms with Gasteiger partial charge in [0.2, 0.25) is 5.91 Å². The number of amides is 1. The first kappa shape index (κ1) is 17.6. The molecule has 0 aliphatic heterocycles. The van der Waals surface area contributed by atoms with Crippen molar-refractivity contribution in [3.05, 3.63) is 58.5 Å². The SMILES string of the molecule is Cc1nc(-c2ccccc2)sc1-c1ccc(=O)n(CCNC(=O)C2CC2)n1. The van der Waals surface area contributed by atoms with Crippen molar-refractivity contribution in [1.29, 1.82) is 0 Å². The van der Waals surface area contributed by atoms with E-state index >= 15 is 0 Å². The Morgan fingerprint density at radius 3 is 2.74 bits per heavy atom. The van der Waals surface area contributed by atoms with Gasteiger partial charge in [-0.3, -0.25) is 9.59 Å². The molecule has 0 saturated heterocycles. The van der Waals surface area contributed by atoms with Crippen LogP contribution in [0.1, 0.15) is 18.5 Å². The highest BCUT2D eigenvalue weighted by molar-refractivity contribution is 7.18. The molecule has 1 aliphatic carbocycles. The van der Waals surface area contributed by atoms with E-state index in [-0.39, 0.29) is 17.4 Å². The monoisotopic (exact) mass is 380 g/mol. The Kier molecular flexibility index (Phi) is 4.85. The van der Waals surface area contributed by atoms with Gasteiger partial charge in [0.25, 0.3) is 5.56 Å². The summed E-state index contributed by atoms with van der Waals surface area (Å²) in [5.41, 5.74) is 2.50. The third-order valence-corrected chi connectivity index (χ3v) is 5.72. The fourth-order valence-electron chi connectivity index (χ4n) is 2.84. The van der Waals surface area contributed by atoms with Gasteiger partial charge in [0.1, 0.15) is 10.7 Å². The number of rotatable bonds is 6. The highest BCUT2D eigenvalue weighted by atomic mass is 32.1. The first-order valence-electron chi connectivity index (χ1n) is 9.01. The van der Waals surface area contributed by atoms with Crippen LogP contribution >= 0.6 is 11.3 Å². The van der Waals surface area contributed by atoms with Crippen LogP contribution in [0, 0.1) is 12.8 Å². The van der Waals surface area contributed by atoms with Crippen molar-refractivity contribution < 1.29 is 4.79 Å². The molecule has 4 rings (SSSR count). The summed E-state index contributed by atoms with van der Waals surface area (Å²) in [7, 11) is 0. The summed E-state index contributed by atoms with van der Waals surface area (Å²) in [6.45, 7) is 2.71. The maximum atomic E-state index is 12.1. The molecule has 6 nitrogen and oxygen atoms in total. The summed E-state index contributed by atoms with van der Waals surface area (Å²) < 4.78 is 1.41. The van der Waals surface area contributed by atoms with E-state index in [9.17, 15) is 9.59 Å². The molecule has 7 heteroatoms. The van der Waals surface area contributed by atoms with Crippen molar-refractivity contribution in [2.24, 2.45) is 5.92 Å². The summed E-state index contributed by atoms with van der Waals surface area (Å²) >= 11 is 1.56. The molecule has 27 heavy (non-hydrogen) atoms. The number of hydrogen-bond donors (Lipinski definition) is 1. The molecule has 1 aromatic carbocycles. The number of carbonyl (C=O) groups is 1. The second-order valence-corrected chi connectivity index (χ2v) is 7.64. The number of thiazole rings is 1. The highest BCUT2D eigenvalue weighted by Crippen LogP contribution is 2.33. The van der Waals surface area contributed by atoms with Gasteiger partial charge < -0.3 is 5.32 Å². The Hall–Kier alpha value is -2.80. The highest BCUT2D eigenvalue weighted by Gasteiger charge is 2.29. The number of aromatic nitrogens is 3. The lowest BCUT2D eigenvalue weighted by atomic mass is 10.2. The number of aryl methyl sites for hydroxylation is 1. The normalized spacial score (nSPS) is 13.5. The molecule has 2 aromatic heterocycles. The fraction of sp³-hybridized carbons (Fsp3) is 0.300. The minimum Gasteiger partial charge on any atom is -0.354 e. The van der Waals surface area contributed by atoms with E-state index in [2.05, 4.69) is 15.4 Å². The topological polar surface area (TPSA) is 76.9 Å². The molecule has 0 bridgehead atoms. The Bertz CT molecular complexity index is 1020. The van der Waals surface area contributed by atoms with Crippen molar-refractivity contribution >= 4 is 17.2 Å². The molecule has 3 aromatic rings. The van der Waals surface area contributed by atoms with E-state index in [1.54, 1.807) is 17.4 Å². The second-order valence-electron chi connectivity index (χ2n) is 6.64. The summed E-state index contributed by atoms with van der Waals surface area (Å²) in [6, 6.07) is 13.3. The van der Waals surface area contributed by atoms with Gasteiger partial charge in [0.05, 0.1) is 17.1 Å². The lowest BCUT2D eigenvalue weighted by molar-refractivity contribution is -0.122. The molecule has 138 valence electrons. The molecular weight excluding hydrogens is 360 g/mol. The van der Waals surface area contributed by atoms with Gasteiger partial charge in [0.15, 0.2) is 0 Å². The molecule has 1 saturated carbocycles. The minimum absolute atomic E-state index is 0.0741. The quantitative estimate of drug-likeness (QED) is 0.713. The van der Waals surface area contributed by atoms with Crippen LogP contribution < -0.4 is 10.9 Å². The third-order valence-electron chi connectivity index (χ3n) is 4.49. The van der Waals surface area contributed by atoms with E-state index in [0.29, 0.717) is 13.1 Å². The summed E-state index contributed by atoms with van der Waals surface area (Å²) in [6.07, 6.45) is 1.93. The molecule has 1 aliphatic rings. The maximum absolute atomic E-state index is 12.1. The van der Waals surface area contributed by atoms with Gasteiger partial charge in [-0.05, 0) is 25.8 Å². The van der Waals surface area contributed by atoms with Crippen LogP contribution in [0.2, 0.25) is 0 Å². The second kappa shape index (κ2) is 7.44. The van der Waals surface area contributed by atoms with E-state index in [1.165, 1.54) is 10.7 Å². The van der Waals surface area contributed by atoms with E-state index < -0.39 is 0 Å². The summed E-state index contributed by atoms with van der Waals surface area (Å²) in [4.78, 5) is 29.4. The van der Waals surface area contributed by atoms with E-state index in [0.717, 1.165) is 39.7 Å². The Morgan fingerprint density at radius 1 is 1.22 bits per heavy atom. The van der Waals surface area contributed by atoms with Gasteiger partial charge in [-0.15, -0.1) is 11.3 Å². The Balaban J connectivity index is 1.54. The van der Waals surface area contributed by atoms with Gasteiger partial charge in [-0.25, -0.2) is 9.67 Å². The molecule has 0 spiro atoms. The molecule has 0 unspecified atom stereocenters. The van der Waals surface area contributed by atoms with Gasteiger partial charge in [-0.1, -0.05) is 30.3 Å². The molecular formula is C20H20N4O2S. The van der Waals surface area contributed by atoms with Crippen molar-refractivity contribution in [2.45, 2.75) is 26.3 Å². The zero-order valence-electron chi connectivity index (χ0n) is 15.0. The van der Waals surface area contributed by atoms with Gasteiger partial charge in [-0.2, -0.15) is 5.10 Å². The molecule has 1 N–H and O–H groups in total.